The third-order valence-corrected chi connectivity index (χ3v) is 4.80. The number of benzene rings is 1. The minimum atomic E-state index is 0. The van der Waals surface area contributed by atoms with E-state index in [-0.39, 0.29) is 24.0 Å². The standard InChI is InChI=1S/C23H30N6O2.HI/c1-24-23(27-17-14-19-8-5-7-15-25-19)26-16-6-3-4-9-21-28-22(29-31-21)18-10-12-20(30-2)13-11-18;/h5,7-8,10-13,15H,3-4,6,9,14,16-17H2,1-2H3,(H2,24,26,27);1H. The molecule has 1 aromatic carbocycles. The maximum absolute atomic E-state index is 5.38. The van der Waals surface area contributed by atoms with Crippen molar-refractivity contribution in [2.45, 2.75) is 32.1 Å². The Bertz CT molecular complexity index is 931. The summed E-state index contributed by atoms with van der Waals surface area (Å²) in [5.41, 5.74) is 1.99. The molecular formula is C23H31IN6O2. The molecule has 0 saturated heterocycles. The Balaban J connectivity index is 0.00000363. The van der Waals surface area contributed by atoms with Gasteiger partial charge < -0.3 is 19.9 Å². The van der Waals surface area contributed by atoms with E-state index in [0.717, 1.165) is 68.2 Å². The fraction of sp³-hybridized carbons (Fsp3) is 0.391. The Morgan fingerprint density at radius 1 is 1.00 bits per heavy atom. The topological polar surface area (TPSA) is 97.5 Å². The molecule has 0 aliphatic carbocycles. The number of methoxy groups -OCH3 is 1. The molecule has 0 amide bonds. The Morgan fingerprint density at radius 3 is 2.53 bits per heavy atom. The predicted octanol–water partition coefficient (Wildman–Crippen LogP) is 3.88. The van der Waals surface area contributed by atoms with E-state index >= 15 is 0 Å². The summed E-state index contributed by atoms with van der Waals surface area (Å²) >= 11 is 0. The van der Waals surface area contributed by atoms with Gasteiger partial charge in [-0.05, 0) is 49.2 Å². The number of hydrogen-bond acceptors (Lipinski definition) is 6. The van der Waals surface area contributed by atoms with Gasteiger partial charge >= 0.3 is 0 Å². The van der Waals surface area contributed by atoms with Crippen molar-refractivity contribution in [2.75, 3.05) is 27.2 Å². The maximum atomic E-state index is 5.38. The normalized spacial score (nSPS) is 11.0. The van der Waals surface area contributed by atoms with E-state index in [9.17, 15) is 0 Å². The fourth-order valence-corrected chi connectivity index (χ4v) is 3.07. The first-order chi connectivity index (χ1) is 15.3. The van der Waals surface area contributed by atoms with Gasteiger partial charge in [0.25, 0.3) is 0 Å². The molecule has 2 N–H and O–H groups in total. The van der Waals surface area contributed by atoms with Crippen LogP contribution in [-0.2, 0) is 12.8 Å². The van der Waals surface area contributed by atoms with Gasteiger partial charge in [0.15, 0.2) is 5.96 Å². The monoisotopic (exact) mass is 550 g/mol. The van der Waals surface area contributed by atoms with E-state index in [1.807, 2.05) is 48.7 Å². The van der Waals surface area contributed by atoms with Crippen molar-refractivity contribution in [2.24, 2.45) is 4.99 Å². The van der Waals surface area contributed by atoms with Crippen LogP contribution in [0.15, 0.2) is 58.2 Å². The number of aromatic nitrogens is 3. The van der Waals surface area contributed by atoms with E-state index in [2.05, 4.69) is 30.8 Å². The summed E-state index contributed by atoms with van der Waals surface area (Å²) in [6, 6.07) is 13.6. The number of hydrogen-bond donors (Lipinski definition) is 2. The van der Waals surface area contributed by atoms with Crippen molar-refractivity contribution < 1.29 is 9.26 Å². The highest BCUT2D eigenvalue weighted by Gasteiger charge is 2.08. The smallest absolute Gasteiger partial charge is 0.226 e. The molecule has 0 aliphatic heterocycles. The number of pyridine rings is 1. The first-order valence-electron chi connectivity index (χ1n) is 10.6. The molecule has 3 aromatic rings. The third-order valence-electron chi connectivity index (χ3n) is 4.80. The molecule has 0 bridgehead atoms. The molecule has 0 radical (unpaired) electrons. The van der Waals surface area contributed by atoms with Crippen molar-refractivity contribution in [3.8, 4) is 17.1 Å². The van der Waals surface area contributed by atoms with Gasteiger partial charge in [-0.3, -0.25) is 9.98 Å². The van der Waals surface area contributed by atoms with E-state index in [1.54, 1.807) is 14.2 Å². The lowest BCUT2D eigenvalue weighted by atomic mass is 10.2. The summed E-state index contributed by atoms with van der Waals surface area (Å²) in [5, 5.41) is 10.7. The summed E-state index contributed by atoms with van der Waals surface area (Å²) in [5.74, 6) is 2.91. The minimum absolute atomic E-state index is 0. The van der Waals surface area contributed by atoms with Crippen molar-refractivity contribution in [1.82, 2.24) is 25.8 Å². The number of nitrogens with zero attached hydrogens (tertiary/aromatic N) is 4. The van der Waals surface area contributed by atoms with Crippen LogP contribution < -0.4 is 15.4 Å². The van der Waals surface area contributed by atoms with Crippen LogP contribution >= 0.6 is 24.0 Å². The van der Waals surface area contributed by atoms with E-state index in [0.29, 0.717) is 11.7 Å². The lowest BCUT2D eigenvalue weighted by Crippen LogP contribution is -2.38. The molecule has 0 saturated carbocycles. The third kappa shape index (κ3) is 8.45. The molecule has 9 heteroatoms. The second-order valence-corrected chi connectivity index (χ2v) is 7.05. The van der Waals surface area contributed by atoms with Crippen LogP contribution in [0.1, 0.15) is 30.8 Å². The fourth-order valence-electron chi connectivity index (χ4n) is 3.07. The largest absolute Gasteiger partial charge is 0.497 e. The van der Waals surface area contributed by atoms with Crippen LogP contribution in [0.4, 0.5) is 0 Å². The summed E-state index contributed by atoms with van der Waals surface area (Å²) in [6.45, 7) is 1.66. The van der Waals surface area contributed by atoms with Gasteiger partial charge in [-0.2, -0.15) is 4.98 Å². The predicted molar refractivity (Wildman–Crippen MR) is 137 cm³/mol. The highest BCUT2D eigenvalue weighted by Crippen LogP contribution is 2.20. The molecule has 0 aliphatic rings. The second kappa shape index (κ2) is 14.4. The summed E-state index contributed by atoms with van der Waals surface area (Å²) < 4.78 is 10.5. The van der Waals surface area contributed by atoms with E-state index in [1.165, 1.54) is 0 Å². The summed E-state index contributed by atoms with van der Waals surface area (Å²) in [6.07, 6.45) is 6.57. The van der Waals surface area contributed by atoms with Gasteiger partial charge in [-0.15, -0.1) is 24.0 Å². The molecule has 2 aromatic heterocycles. The van der Waals surface area contributed by atoms with Gasteiger partial charge in [0, 0.05) is 50.4 Å². The number of halogens is 1. The zero-order valence-electron chi connectivity index (χ0n) is 18.6. The Labute approximate surface area is 206 Å². The molecule has 0 unspecified atom stereocenters. The van der Waals surface area contributed by atoms with Crippen LogP contribution in [0, 0.1) is 0 Å². The van der Waals surface area contributed by atoms with Crippen molar-refractivity contribution in [1.29, 1.82) is 0 Å². The van der Waals surface area contributed by atoms with E-state index < -0.39 is 0 Å². The Kier molecular flexibility index (Phi) is 11.5. The van der Waals surface area contributed by atoms with Crippen molar-refractivity contribution in [3.63, 3.8) is 0 Å². The number of rotatable bonds is 11. The lowest BCUT2D eigenvalue weighted by molar-refractivity contribution is 0.374. The Morgan fingerprint density at radius 2 is 1.81 bits per heavy atom. The minimum Gasteiger partial charge on any atom is -0.497 e. The number of unbranched alkanes of at least 4 members (excludes halogenated alkanes) is 2. The van der Waals surface area contributed by atoms with Crippen molar-refractivity contribution >= 4 is 29.9 Å². The van der Waals surface area contributed by atoms with Gasteiger partial charge in [0.1, 0.15) is 5.75 Å². The lowest BCUT2D eigenvalue weighted by Gasteiger charge is -2.11. The molecular weight excluding hydrogens is 519 g/mol. The van der Waals surface area contributed by atoms with Crippen LogP contribution in [0.25, 0.3) is 11.4 Å². The Hall–Kier alpha value is -2.69. The molecule has 172 valence electrons. The van der Waals surface area contributed by atoms with Crippen LogP contribution in [0.3, 0.4) is 0 Å². The SMILES string of the molecule is CN=C(NCCCCCc1nc(-c2ccc(OC)cc2)no1)NCCc1ccccn1.I. The average molecular weight is 550 g/mol. The zero-order chi connectivity index (χ0) is 21.7. The molecule has 2 heterocycles. The summed E-state index contributed by atoms with van der Waals surface area (Å²) in [4.78, 5) is 13.1. The van der Waals surface area contributed by atoms with E-state index in [4.69, 9.17) is 9.26 Å². The second-order valence-electron chi connectivity index (χ2n) is 7.05. The average Bonchev–Trinajstić information content (AvgIpc) is 3.29. The van der Waals surface area contributed by atoms with Gasteiger partial charge in [-0.1, -0.05) is 17.6 Å². The van der Waals surface area contributed by atoms with Gasteiger partial charge in [-0.25, -0.2) is 0 Å². The first kappa shape index (κ1) is 25.6. The molecule has 8 nitrogen and oxygen atoms in total. The summed E-state index contributed by atoms with van der Waals surface area (Å²) in [7, 11) is 3.43. The molecule has 3 rings (SSSR count). The number of guanidine groups is 1. The number of ether oxygens (including phenoxy) is 1. The molecule has 32 heavy (non-hydrogen) atoms. The van der Waals surface area contributed by atoms with Crippen LogP contribution in [0.2, 0.25) is 0 Å². The first-order valence-corrected chi connectivity index (χ1v) is 10.6. The number of nitrogens with one attached hydrogen (secondary N) is 2. The zero-order valence-corrected chi connectivity index (χ0v) is 20.9. The number of aryl methyl sites for hydroxylation is 1. The molecule has 0 spiro atoms. The highest BCUT2D eigenvalue weighted by atomic mass is 127. The van der Waals surface area contributed by atoms with Gasteiger partial charge in [0.2, 0.25) is 11.7 Å². The molecule has 0 atom stereocenters. The highest BCUT2D eigenvalue weighted by molar-refractivity contribution is 14.0. The molecule has 0 fully saturated rings. The maximum Gasteiger partial charge on any atom is 0.226 e. The van der Waals surface area contributed by atoms with Gasteiger partial charge in [0.05, 0.1) is 7.11 Å². The van der Waals surface area contributed by atoms with Crippen molar-refractivity contribution in [3.05, 3.63) is 60.2 Å². The van der Waals surface area contributed by atoms with Crippen LogP contribution in [0.5, 0.6) is 5.75 Å². The number of aliphatic imine (C=N–C) groups is 1. The quantitative estimate of drug-likeness (QED) is 0.162. The van der Waals surface area contributed by atoms with Crippen LogP contribution in [-0.4, -0.2) is 48.3 Å².